The maximum Gasteiger partial charge on any atom is 0.251 e. The van der Waals surface area contributed by atoms with Crippen LogP contribution in [0.25, 0.3) is 22.1 Å². The molecule has 284 valence electrons. The number of fused-ring (bicyclic) bond motifs is 2. The molecule has 0 aliphatic carbocycles. The topological polar surface area (TPSA) is 136 Å². The van der Waals surface area contributed by atoms with Crippen molar-refractivity contribution in [3.05, 3.63) is 104 Å². The number of halogens is 1. The maximum atomic E-state index is 13.8. The second-order valence-corrected chi connectivity index (χ2v) is 14.0. The summed E-state index contributed by atoms with van der Waals surface area (Å²) in [5, 5.41) is 3.50. The molecule has 5 aromatic heterocycles. The largest absolute Gasteiger partial charge is 0.479 e. The van der Waals surface area contributed by atoms with Crippen LogP contribution >= 0.6 is 0 Å². The molecule has 0 saturated carbocycles. The minimum atomic E-state index is -0.439. The van der Waals surface area contributed by atoms with Gasteiger partial charge in [-0.15, -0.1) is 0 Å². The SMILES string of the molecule is C.COc1ncc(CNC2CCN(CCn3c(=O)ccc4ncc(C)cc43)CC2)cc1F.Cc1cnc2ccc(=O)n(CCN3CCC(N)CC3)c2c1. The summed E-state index contributed by atoms with van der Waals surface area (Å²) in [6, 6.07) is 13.0. The number of piperidine rings is 2. The van der Waals surface area contributed by atoms with E-state index in [2.05, 4.69) is 30.1 Å². The summed E-state index contributed by atoms with van der Waals surface area (Å²) in [5.41, 5.74) is 12.5. The number of hydrogen-bond acceptors (Lipinski definition) is 10. The van der Waals surface area contributed by atoms with Crippen LogP contribution in [-0.2, 0) is 19.6 Å². The first kappa shape index (κ1) is 39.6. The number of nitrogens with zero attached hydrogens (tertiary/aromatic N) is 7. The average molecular weight is 728 g/mol. The van der Waals surface area contributed by atoms with Gasteiger partial charge in [0, 0.05) is 75.5 Å². The third-order valence-corrected chi connectivity index (χ3v) is 10.1. The molecule has 2 saturated heterocycles. The Balaban J connectivity index is 0.000000215. The van der Waals surface area contributed by atoms with Crippen LogP contribution in [0, 0.1) is 19.7 Å². The van der Waals surface area contributed by atoms with Crippen LogP contribution in [0.3, 0.4) is 0 Å². The lowest BCUT2D eigenvalue weighted by Gasteiger charge is -2.32. The zero-order chi connectivity index (χ0) is 36.6. The first-order valence-corrected chi connectivity index (χ1v) is 18.2. The van der Waals surface area contributed by atoms with Crippen LogP contribution in [0.2, 0.25) is 0 Å². The summed E-state index contributed by atoms with van der Waals surface area (Å²) >= 11 is 0. The summed E-state index contributed by atoms with van der Waals surface area (Å²) in [5.74, 6) is -0.418. The van der Waals surface area contributed by atoms with Gasteiger partial charge in [0.1, 0.15) is 0 Å². The van der Waals surface area contributed by atoms with Crippen molar-refractivity contribution in [3.63, 3.8) is 0 Å². The highest BCUT2D eigenvalue weighted by molar-refractivity contribution is 5.75. The quantitative estimate of drug-likeness (QED) is 0.215. The fourth-order valence-corrected chi connectivity index (χ4v) is 6.99. The number of ether oxygens (including phenoxy) is 1. The number of pyridine rings is 5. The van der Waals surface area contributed by atoms with Crippen molar-refractivity contribution in [1.29, 1.82) is 0 Å². The van der Waals surface area contributed by atoms with Crippen molar-refractivity contribution in [1.82, 2.24) is 39.2 Å². The summed E-state index contributed by atoms with van der Waals surface area (Å²) in [6.07, 6.45) is 9.42. The third kappa shape index (κ3) is 10.3. The molecular weight excluding hydrogens is 673 g/mol. The molecule has 0 bridgehead atoms. The molecule has 0 atom stereocenters. The Bertz CT molecular complexity index is 2090. The average Bonchev–Trinajstić information content (AvgIpc) is 3.14. The normalized spacial score (nSPS) is 15.9. The highest BCUT2D eigenvalue weighted by Crippen LogP contribution is 2.17. The van der Waals surface area contributed by atoms with Gasteiger partial charge < -0.3 is 34.7 Å². The van der Waals surface area contributed by atoms with Gasteiger partial charge in [-0.1, -0.05) is 7.43 Å². The van der Waals surface area contributed by atoms with Crippen LogP contribution in [0.1, 0.15) is 49.8 Å². The molecule has 0 spiro atoms. The van der Waals surface area contributed by atoms with E-state index < -0.39 is 5.82 Å². The molecule has 2 aliphatic heterocycles. The molecule has 12 nitrogen and oxygen atoms in total. The van der Waals surface area contributed by atoms with E-state index in [-0.39, 0.29) is 24.4 Å². The first-order chi connectivity index (χ1) is 25.2. The van der Waals surface area contributed by atoms with Crippen LogP contribution in [0.4, 0.5) is 4.39 Å². The Labute approximate surface area is 310 Å². The van der Waals surface area contributed by atoms with E-state index in [0.29, 0.717) is 31.7 Å². The first-order valence-electron chi connectivity index (χ1n) is 18.2. The van der Waals surface area contributed by atoms with E-state index in [1.165, 1.54) is 13.2 Å². The summed E-state index contributed by atoms with van der Waals surface area (Å²) in [7, 11) is 1.41. The molecule has 3 N–H and O–H groups in total. The van der Waals surface area contributed by atoms with Crippen molar-refractivity contribution in [2.45, 2.75) is 78.7 Å². The zero-order valence-corrected chi connectivity index (χ0v) is 30.4. The Morgan fingerprint density at radius 3 is 1.75 bits per heavy atom. The minimum absolute atomic E-state index is 0. The number of nitrogens with one attached hydrogen (secondary N) is 1. The number of rotatable bonds is 10. The van der Waals surface area contributed by atoms with E-state index in [9.17, 15) is 14.0 Å². The molecule has 7 rings (SSSR count). The second kappa shape index (κ2) is 18.5. The minimum Gasteiger partial charge on any atom is -0.479 e. The highest BCUT2D eigenvalue weighted by Gasteiger charge is 2.20. The summed E-state index contributed by atoms with van der Waals surface area (Å²) in [4.78, 5) is 42.2. The van der Waals surface area contributed by atoms with E-state index in [4.69, 9.17) is 10.5 Å². The van der Waals surface area contributed by atoms with E-state index in [1.54, 1.807) is 30.5 Å². The van der Waals surface area contributed by atoms with Crippen LogP contribution in [0.15, 0.2) is 70.6 Å². The number of hydrogen-bond donors (Lipinski definition) is 2. The standard InChI is InChI=1S/C23H28FN5O2.C16H22N4O.CH4/c1-16-11-21-20(26-13-16)3-4-22(30)29(21)10-9-28-7-5-18(6-8-28)25-14-17-12-19(24)23(31-2)27-15-17;1-12-10-15-14(18-11-12)2-3-16(21)20(15)9-8-19-6-4-13(17)5-7-19;/h3-4,11-13,15,18,25H,5-10,14H2,1-2H3;2-3,10-11,13H,4-9,17H2,1H3;1H4. The smallest absolute Gasteiger partial charge is 0.251 e. The molecule has 13 heteroatoms. The van der Waals surface area contributed by atoms with Gasteiger partial charge in [0.25, 0.3) is 11.1 Å². The van der Waals surface area contributed by atoms with E-state index >= 15 is 0 Å². The van der Waals surface area contributed by atoms with Crippen molar-refractivity contribution >= 4 is 22.1 Å². The zero-order valence-electron chi connectivity index (χ0n) is 30.4. The van der Waals surface area contributed by atoms with Gasteiger partial charge in [-0.05, 0) is 113 Å². The molecule has 2 fully saturated rings. The molecule has 53 heavy (non-hydrogen) atoms. The Hall–Kier alpha value is -4.56. The lowest BCUT2D eigenvalue weighted by molar-refractivity contribution is 0.191. The molecule has 0 amide bonds. The van der Waals surface area contributed by atoms with Crippen LogP contribution in [0.5, 0.6) is 5.88 Å². The molecule has 0 radical (unpaired) electrons. The van der Waals surface area contributed by atoms with Gasteiger partial charge in [0.2, 0.25) is 5.88 Å². The fourth-order valence-electron chi connectivity index (χ4n) is 6.99. The second-order valence-electron chi connectivity index (χ2n) is 14.0. The van der Waals surface area contributed by atoms with Gasteiger partial charge in [-0.2, -0.15) is 0 Å². The predicted molar refractivity (Wildman–Crippen MR) is 209 cm³/mol. The number of aryl methyl sites for hydroxylation is 2. The van der Waals surface area contributed by atoms with E-state index in [1.807, 2.05) is 47.5 Å². The molecule has 0 aromatic carbocycles. The van der Waals surface area contributed by atoms with Crippen molar-refractivity contribution < 1.29 is 9.13 Å². The third-order valence-electron chi connectivity index (χ3n) is 10.1. The Kier molecular flexibility index (Phi) is 13.8. The summed E-state index contributed by atoms with van der Waals surface area (Å²) < 4.78 is 22.3. The molecule has 5 aromatic rings. The predicted octanol–water partition coefficient (Wildman–Crippen LogP) is 4.27. The van der Waals surface area contributed by atoms with Crippen LogP contribution < -0.4 is 26.9 Å². The van der Waals surface area contributed by atoms with Gasteiger partial charge in [0.05, 0.1) is 29.2 Å². The van der Waals surface area contributed by atoms with Crippen molar-refractivity contribution in [3.8, 4) is 5.88 Å². The van der Waals surface area contributed by atoms with E-state index in [0.717, 1.165) is 104 Å². The molecular formula is C40H54FN9O3. The fraction of sp³-hybridized carbons (Fsp3) is 0.475. The molecule has 7 heterocycles. The lowest BCUT2D eigenvalue weighted by atomic mass is 10.0. The number of nitrogens with two attached hydrogens (primary N) is 1. The molecule has 2 aliphatic rings. The Morgan fingerprint density at radius 1 is 0.755 bits per heavy atom. The van der Waals surface area contributed by atoms with Gasteiger partial charge in [-0.25, -0.2) is 9.37 Å². The van der Waals surface area contributed by atoms with Crippen molar-refractivity contribution in [2.24, 2.45) is 5.73 Å². The molecule has 0 unspecified atom stereocenters. The number of aromatic nitrogens is 5. The lowest BCUT2D eigenvalue weighted by Crippen LogP contribution is -2.43. The summed E-state index contributed by atoms with van der Waals surface area (Å²) in [6.45, 7) is 11.6. The van der Waals surface area contributed by atoms with Gasteiger partial charge >= 0.3 is 0 Å². The Morgan fingerprint density at radius 2 is 1.26 bits per heavy atom. The number of likely N-dealkylation sites (tertiary alicyclic amines) is 2. The number of methoxy groups -OCH3 is 1. The van der Waals surface area contributed by atoms with Gasteiger partial charge in [0.15, 0.2) is 5.82 Å². The monoisotopic (exact) mass is 727 g/mol. The van der Waals surface area contributed by atoms with Gasteiger partial charge in [-0.3, -0.25) is 19.6 Å². The maximum absolute atomic E-state index is 13.8. The van der Waals surface area contributed by atoms with Crippen LogP contribution in [-0.4, -0.2) is 92.3 Å². The van der Waals surface area contributed by atoms with Crippen molar-refractivity contribution in [2.75, 3.05) is 46.4 Å². The highest BCUT2D eigenvalue weighted by atomic mass is 19.1.